The number of methoxy groups -OCH3 is 1. The molecule has 30 heavy (non-hydrogen) atoms. The van der Waals surface area contributed by atoms with E-state index in [0.29, 0.717) is 29.0 Å². The topological polar surface area (TPSA) is 72.8 Å². The molecule has 1 aromatic heterocycles. The molecule has 0 radical (unpaired) electrons. The largest absolute Gasteiger partial charge is 0.496 e. The summed E-state index contributed by atoms with van der Waals surface area (Å²) in [5, 5.41) is 11.4. The molecule has 0 saturated heterocycles. The van der Waals surface area contributed by atoms with Crippen LogP contribution in [0.4, 0.5) is 0 Å². The number of thiophene rings is 1. The average molecular weight is 423 g/mol. The van der Waals surface area contributed by atoms with Gasteiger partial charge in [-0.15, -0.1) is 11.3 Å². The number of carbonyl (C=O) groups is 2. The molecule has 0 amide bonds. The van der Waals surface area contributed by atoms with Gasteiger partial charge in [-0.25, -0.2) is 4.79 Å². The third kappa shape index (κ3) is 3.27. The smallest absolute Gasteiger partial charge is 0.337 e. The second-order valence-corrected chi connectivity index (χ2v) is 8.12. The van der Waals surface area contributed by atoms with Gasteiger partial charge in [0.15, 0.2) is 0 Å². The van der Waals surface area contributed by atoms with E-state index in [1.807, 2.05) is 42.5 Å². The monoisotopic (exact) mass is 422 g/mol. The van der Waals surface area contributed by atoms with E-state index in [9.17, 15) is 14.7 Å². The summed E-state index contributed by atoms with van der Waals surface area (Å²) in [6.45, 7) is 2.07. The second kappa shape index (κ2) is 7.95. The van der Waals surface area contributed by atoms with Crippen molar-refractivity contribution in [3.63, 3.8) is 0 Å². The van der Waals surface area contributed by atoms with Crippen molar-refractivity contribution in [3.8, 4) is 27.3 Å². The lowest BCUT2D eigenvalue weighted by Crippen LogP contribution is -2.25. The predicted octanol–water partition coefficient (Wildman–Crippen LogP) is 5.38. The summed E-state index contributed by atoms with van der Waals surface area (Å²) in [4.78, 5) is 25.4. The molecule has 4 rings (SSSR count). The van der Waals surface area contributed by atoms with E-state index in [4.69, 9.17) is 9.47 Å². The van der Waals surface area contributed by atoms with Gasteiger partial charge < -0.3 is 14.6 Å². The Morgan fingerprint density at radius 1 is 1.07 bits per heavy atom. The van der Waals surface area contributed by atoms with Crippen molar-refractivity contribution in [3.05, 3.63) is 65.0 Å². The van der Waals surface area contributed by atoms with Gasteiger partial charge in [0.05, 0.1) is 24.7 Å². The molecule has 6 heteroatoms. The highest BCUT2D eigenvalue weighted by atomic mass is 32.1. The summed E-state index contributed by atoms with van der Waals surface area (Å²) in [7, 11) is 1.59. The number of carbonyl (C=O) groups excluding carboxylic acids is 1. The zero-order valence-corrected chi connectivity index (χ0v) is 17.6. The van der Waals surface area contributed by atoms with Crippen LogP contribution in [0.3, 0.4) is 0 Å². The second-order valence-electron chi connectivity index (χ2n) is 7.21. The fourth-order valence-corrected chi connectivity index (χ4v) is 4.86. The summed E-state index contributed by atoms with van der Waals surface area (Å²) in [5.74, 6) is -0.693. The van der Waals surface area contributed by atoms with E-state index in [1.165, 1.54) is 11.3 Å². The lowest BCUT2D eigenvalue weighted by molar-refractivity contribution is -0.146. The van der Waals surface area contributed by atoms with Crippen LogP contribution in [0.1, 0.15) is 35.7 Å². The van der Waals surface area contributed by atoms with Crippen molar-refractivity contribution in [1.82, 2.24) is 0 Å². The quantitative estimate of drug-likeness (QED) is 0.517. The SMILES string of the molecule is CCOC(=O)C1(c2c(-c3sccc3C(=O)O)ccc(-c3ccccc3)c2OC)CC1. The van der Waals surface area contributed by atoms with Gasteiger partial charge in [0.2, 0.25) is 0 Å². The third-order valence-corrected chi connectivity index (χ3v) is 6.43. The molecule has 2 aromatic carbocycles. The lowest BCUT2D eigenvalue weighted by atomic mass is 9.85. The Morgan fingerprint density at radius 2 is 1.77 bits per heavy atom. The van der Waals surface area contributed by atoms with E-state index in [0.717, 1.165) is 16.7 Å². The maximum absolute atomic E-state index is 13.0. The summed E-state index contributed by atoms with van der Waals surface area (Å²) < 4.78 is 11.3. The molecule has 0 bridgehead atoms. The van der Waals surface area contributed by atoms with Crippen molar-refractivity contribution in [1.29, 1.82) is 0 Å². The van der Waals surface area contributed by atoms with E-state index in [1.54, 1.807) is 25.5 Å². The molecule has 1 saturated carbocycles. The Bertz CT molecular complexity index is 1100. The van der Waals surface area contributed by atoms with Crippen molar-refractivity contribution in [2.45, 2.75) is 25.2 Å². The molecule has 5 nitrogen and oxygen atoms in total. The van der Waals surface area contributed by atoms with E-state index in [2.05, 4.69) is 0 Å². The number of hydrogen-bond donors (Lipinski definition) is 1. The third-order valence-electron chi connectivity index (χ3n) is 5.48. The van der Waals surface area contributed by atoms with Crippen LogP contribution in [-0.2, 0) is 14.9 Å². The number of benzene rings is 2. The van der Waals surface area contributed by atoms with E-state index in [-0.39, 0.29) is 18.1 Å². The van der Waals surface area contributed by atoms with Gasteiger partial charge >= 0.3 is 11.9 Å². The minimum Gasteiger partial charge on any atom is -0.496 e. The molecule has 1 aliphatic rings. The minimum atomic E-state index is -0.996. The summed E-state index contributed by atoms with van der Waals surface area (Å²) in [5.41, 5.74) is 2.66. The molecular formula is C24H22O5S. The zero-order valence-electron chi connectivity index (χ0n) is 16.8. The summed E-state index contributed by atoms with van der Waals surface area (Å²) in [6, 6.07) is 15.2. The normalized spacial score (nSPS) is 14.2. The molecule has 0 unspecified atom stereocenters. The minimum absolute atomic E-state index is 0.218. The van der Waals surface area contributed by atoms with Crippen LogP contribution >= 0.6 is 11.3 Å². The number of rotatable bonds is 7. The summed E-state index contributed by atoms with van der Waals surface area (Å²) >= 11 is 1.35. The predicted molar refractivity (Wildman–Crippen MR) is 116 cm³/mol. The van der Waals surface area contributed by atoms with Gasteiger partial charge in [-0.1, -0.05) is 36.4 Å². The maximum atomic E-state index is 13.0. The highest BCUT2D eigenvalue weighted by Gasteiger charge is 2.56. The Kier molecular flexibility index (Phi) is 5.35. The van der Waals surface area contributed by atoms with Crippen molar-refractivity contribution >= 4 is 23.3 Å². The highest BCUT2D eigenvalue weighted by molar-refractivity contribution is 7.14. The molecule has 0 aliphatic heterocycles. The van der Waals surface area contributed by atoms with E-state index >= 15 is 0 Å². The first-order chi connectivity index (χ1) is 14.5. The fourth-order valence-electron chi connectivity index (χ4n) is 3.94. The van der Waals surface area contributed by atoms with Gasteiger partial charge in [-0.3, -0.25) is 4.79 Å². The Balaban J connectivity index is 2.01. The van der Waals surface area contributed by atoms with Crippen molar-refractivity contribution in [2.75, 3.05) is 13.7 Å². The van der Waals surface area contributed by atoms with Crippen LogP contribution in [-0.4, -0.2) is 30.8 Å². The van der Waals surface area contributed by atoms with Crippen LogP contribution in [0, 0.1) is 0 Å². The standard InChI is InChI=1S/C24H22O5S/c1-3-29-23(27)24(12-13-24)19-17(21-18(22(25)26)11-14-30-21)10-9-16(20(19)28-2)15-7-5-4-6-8-15/h4-11,14H,3,12-13H2,1-2H3,(H,25,26). The maximum Gasteiger partial charge on any atom is 0.337 e. The number of esters is 1. The first kappa shape index (κ1) is 20.2. The molecule has 0 spiro atoms. The molecule has 1 N–H and O–H groups in total. The lowest BCUT2D eigenvalue weighted by Gasteiger charge is -2.23. The molecule has 3 aromatic rings. The van der Waals surface area contributed by atoms with Gasteiger partial charge in [0, 0.05) is 21.6 Å². The molecule has 1 heterocycles. The first-order valence-corrected chi connectivity index (χ1v) is 10.7. The number of carboxylic acids is 1. The van der Waals surface area contributed by atoms with Crippen LogP contribution in [0.2, 0.25) is 0 Å². The molecule has 0 atom stereocenters. The van der Waals surface area contributed by atoms with Crippen molar-refractivity contribution in [2.24, 2.45) is 0 Å². The number of carboxylic acid groups (broad SMARTS) is 1. The molecule has 1 aliphatic carbocycles. The Hall–Kier alpha value is -3.12. The number of hydrogen-bond acceptors (Lipinski definition) is 5. The number of ether oxygens (including phenoxy) is 2. The Labute approximate surface area is 178 Å². The van der Waals surface area contributed by atoms with E-state index < -0.39 is 11.4 Å². The summed E-state index contributed by atoms with van der Waals surface area (Å²) in [6.07, 6.45) is 1.28. The first-order valence-electron chi connectivity index (χ1n) is 9.78. The van der Waals surface area contributed by atoms with Gasteiger partial charge in [0.25, 0.3) is 0 Å². The zero-order chi connectivity index (χ0) is 21.3. The van der Waals surface area contributed by atoms with Crippen LogP contribution in [0.25, 0.3) is 21.6 Å². The van der Waals surface area contributed by atoms with Crippen LogP contribution in [0.5, 0.6) is 5.75 Å². The molecular weight excluding hydrogens is 400 g/mol. The van der Waals surface area contributed by atoms with Crippen LogP contribution < -0.4 is 4.74 Å². The number of aromatic carboxylic acids is 1. The highest BCUT2D eigenvalue weighted by Crippen LogP contribution is 2.57. The van der Waals surface area contributed by atoms with Crippen LogP contribution in [0.15, 0.2) is 53.9 Å². The van der Waals surface area contributed by atoms with Crippen molar-refractivity contribution < 1.29 is 24.2 Å². The fraction of sp³-hybridized carbons (Fsp3) is 0.250. The average Bonchev–Trinajstić information content (AvgIpc) is 3.42. The van der Waals surface area contributed by atoms with Gasteiger partial charge in [0.1, 0.15) is 5.75 Å². The van der Waals surface area contributed by atoms with Gasteiger partial charge in [-0.05, 0) is 42.8 Å². The molecule has 154 valence electrons. The molecule has 1 fully saturated rings. The van der Waals surface area contributed by atoms with Gasteiger partial charge in [-0.2, -0.15) is 0 Å². The Morgan fingerprint density at radius 3 is 2.37 bits per heavy atom.